The molecule has 7 heteroatoms. The van der Waals surface area contributed by atoms with Crippen molar-refractivity contribution in [3.63, 3.8) is 0 Å². The number of piperidine rings is 1. The zero-order valence-electron chi connectivity index (χ0n) is 18.8. The topological polar surface area (TPSA) is 61.9 Å². The number of rotatable bonds is 5. The summed E-state index contributed by atoms with van der Waals surface area (Å²) in [6.07, 6.45) is 2.79. The number of carbonyl (C=O) groups is 2. The first-order chi connectivity index (χ1) is 14.8. The van der Waals surface area contributed by atoms with Crippen molar-refractivity contribution in [3.8, 4) is 5.75 Å². The van der Waals surface area contributed by atoms with E-state index in [-0.39, 0.29) is 30.1 Å². The summed E-state index contributed by atoms with van der Waals surface area (Å²) < 4.78 is 19.9. The molecule has 1 saturated carbocycles. The summed E-state index contributed by atoms with van der Waals surface area (Å²) in [4.78, 5) is 29.7. The molecule has 6 nitrogen and oxygen atoms in total. The van der Waals surface area contributed by atoms with Crippen LogP contribution in [0.15, 0.2) is 24.3 Å². The van der Waals surface area contributed by atoms with Crippen LogP contribution in [0.25, 0.3) is 0 Å². The highest BCUT2D eigenvalue weighted by Gasteiger charge is 2.57. The maximum absolute atomic E-state index is 14.1. The molecule has 1 unspecified atom stereocenters. The molecule has 0 aromatic heterocycles. The van der Waals surface area contributed by atoms with Crippen LogP contribution in [0.5, 0.6) is 5.75 Å². The van der Waals surface area contributed by atoms with Crippen molar-refractivity contribution in [2.45, 2.75) is 95.7 Å². The van der Waals surface area contributed by atoms with Gasteiger partial charge in [-0.3, -0.25) is 15.0 Å². The average molecular weight is 432 g/mol. The molecule has 3 aliphatic rings. The van der Waals surface area contributed by atoms with Crippen molar-refractivity contribution < 1.29 is 18.7 Å². The molecule has 170 valence electrons. The van der Waals surface area contributed by atoms with E-state index in [0.29, 0.717) is 32.2 Å². The highest BCUT2D eigenvalue weighted by atomic mass is 19.1. The van der Waals surface area contributed by atoms with Crippen LogP contribution in [0, 0.1) is 0 Å². The zero-order chi connectivity index (χ0) is 22.2. The number of hydrogen-bond donors (Lipinski definition) is 1. The number of likely N-dealkylation sites (tertiary alicyclic amines) is 1. The lowest BCUT2D eigenvalue weighted by molar-refractivity contribution is -0.132. The second-order valence-electron chi connectivity index (χ2n) is 9.67. The van der Waals surface area contributed by atoms with Crippen molar-refractivity contribution in [1.82, 2.24) is 15.1 Å². The standard InChI is InChI=1S/C24H34FN3O3/c1-16(2)31-21-9-4-6-18(12-21)15-27-11-10-24(14-17(27)3)22(29)26-23(30)28(24)20-8-5-7-19(25)13-20/h4,6,9,12,16-17,19-20H,5,7-8,10-11,13-15H2,1-3H3,(H,26,29,30)/t17-,19?,20+,24+/m0/s1. The lowest BCUT2D eigenvalue weighted by atomic mass is 9.79. The Morgan fingerprint density at radius 3 is 2.81 bits per heavy atom. The monoisotopic (exact) mass is 431 g/mol. The number of hydrogen-bond acceptors (Lipinski definition) is 4. The number of urea groups is 1. The van der Waals surface area contributed by atoms with Crippen molar-refractivity contribution in [2.75, 3.05) is 6.54 Å². The quantitative estimate of drug-likeness (QED) is 0.715. The minimum absolute atomic E-state index is 0.118. The number of nitrogens with zero attached hydrogens (tertiary/aromatic N) is 2. The lowest BCUT2D eigenvalue weighted by Crippen LogP contribution is -2.61. The van der Waals surface area contributed by atoms with Crippen LogP contribution in [0.4, 0.5) is 9.18 Å². The molecule has 0 bridgehead atoms. The van der Waals surface area contributed by atoms with Gasteiger partial charge in [-0.25, -0.2) is 9.18 Å². The third kappa shape index (κ3) is 4.43. The first kappa shape index (κ1) is 22.1. The first-order valence-electron chi connectivity index (χ1n) is 11.6. The van der Waals surface area contributed by atoms with Gasteiger partial charge in [0.2, 0.25) is 0 Å². The summed E-state index contributed by atoms with van der Waals surface area (Å²) in [6.45, 7) is 7.60. The van der Waals surface area contributed by atoms with E-state index in [1.165, 1.54) is 0 Å². The molecule has 1 aromatic carbocycles. The van der Waals surface area contributed by atoms with Crippen LogP contribution < -0.4 is 10.1 Å². The van der Waals surface area contributed by atoms with Gasteiger partial charge in [0.05, 0.1) is 6.10 Å². The second-order valence-corrected chi connectivity index (χ2v) is 9.67. The summed E-state index contributed by atoms with van der Waals surface area (Å²) in [5, 5.41) is 2.54. The van der Waals surface area contributed by atoms with Crippen LogP contribution in [0.2, 0.25) is 0 Å². The summed E-state index contributed by atoms with van der Waals surface area (Å²) in [5.41, 5.74) is 0.314. The summed E-state index contributed by atoms with van der Waals surface area (Å²) in [6, 6.07) is 7.70. The van der Waals surface area contributed by atoms with Crippen molar-refractivity contribution in [2.24, 2.45) is 0 Å². The molecule has 1 aliphatic carbocycles. The van der Waals surface area contributed by atoms with Gasteiger partial charge in [0.15, 0.2) is 0 Å². The Morgan fingerprint density at radius 2 is 2.10 bits per heavy atom. The van der Waals surface area contributed by atoms with E-state index in [9.17, 15) is 14.0 Å². The Hall–Kier alpha value is -2.15. The Balaban J connectivity index is 1.48. The van der Waals surface area contributed by atoms with E-state index in [1.54, 1.807) is 4.90 Å². The van der Waals surface area contributed by atoms with Crippen LogP contribution in [0.3, 0.4) is 0 Å². The maximum atomic E-state index is 14.1. The van der Waals surface area contributed by atoms with Gasteiger partial charge < -0.3 is 9.64 Å². The predicted molar refractivity (Wildman–Crippen MR) is 117 cm³/mol. The Morgan fingerprint density at radius 1 is 1.29 bits per heavy atom. The molecule has 1 N–H and O–H groups in total. The highest BCUT2D eigenvalue weighted by molar-refractivity contribution is 6.07. The fourth-order valence-electron chi connectivity index (χ4n) is 5.59. The smallest absolute Gasteiger partial charge is 0.325 e. The van der Waals surface area contributed by atoms with Gasteiger partial charge in [0, 0.05) is 25.2 Å². The molecule has 4 atom stereocenters. The van der Waals surface area contributed by atoms with Gasteiger partial charge in [-0.2, -0.15) is 0 Å². The number of alkyl halides is 1. The van der Waals surface area contributed by atoms with E-state index in [1.807, 2.05) is 26.0 Å². The van der Waals surface area contributed by atoms with E-state index in [0.717, 1.165) is 30.7 Å². The molecule has 1 spiro atoms. The number of ether oxygens (including phenoxy) is 1. The molecule has 3 fully saturated rings. The fourth-order valence-corrected chi connectivity index (χ4v) is 5.59. The molecule has 2 aliphatic heterocycles. The van der Waals surface area contributed by atoms with Gasteiger partial charge >= 0.3 is 6.03 Å². The molecular weight excluding hydrogens is 397 g/mol. The molecule has 2 heterocycles. The van der Waals surface area contributed by atoms with Crippen molar-refractivity contribution >= 4 is 11.9 Å². The molecule has 4 rings (SSSR count). The fraction of sp³-hybridized carbons (Fsp3) is 0.667. The molecule has 1 aromatic rings. The molecule has 3 amide bonds. The SMILES string of the molecule is CC(C)Oc1cccc(CN2CC[C@@]3(C[C@@H]2C)C(=O)NC(=O)N3[C@@H]2CCCC(F)C2)c1. The number of benzene rings is 1. The lowest BCUT2D eigenvalue weighted by Gasteiger charge is -2.49. The van der Waals surface area contributed by atoms with E-state index >= 15 is 0 Å². The number of halogens is 1. The summed E-state index contributed by atoms with van der Waals surface area (Å²) in [5.74, 6) is 0.649. The Kier molecular flexibility index (Phi) is 6.24. The van der Waals surface area contributed by atoms with E-state index < -0.39 is 11.7 Å². The van der Waals surface area contributed by atoms with Crippen molar-refractivity contribution in [1.29, 1.82) is 0 Å². The largest absolute Gasteiger partial charge is 0.491 e. The van der Waals surface area contributed by atoms with Crippen LogP contribution in [-0.2, 0) is 11.3 Å². The van der Waals surface area contributed by atoms with Crippen LogP contribution >= 0.6 is 0 Å². The van der Waals surface area contributed by atoms with Crippen LogP contribution in [0.1, 0.15) is 64.9 Å². The van der Waals surface area contributed by atoms with Gasteiger partial charge in [0.25, 0.3) is 5.91 Å². The minimum atomic E-state index is -0.892. The van der Waals surface area contributed by atoms with Gasteiger partial charge in [-0.1, -0.05) is 12.1 Å². The number of carbonyl (C=O) groups excluding carboxylic acids is 2. The van der Waals surface area contributed by atoms with Crippen LogP contribution in [-0.4, -0.2) is 58.2 Å². The van der Waals surface area contributed by atoms with Gasteiger partial charge in [-0.05, 0) is 77.0 Å². The van der Waals surface area contributed by atoms with Crippen molar-refractivity contribution in [3.05, 3.63) is 29.8 Å². The molecular formula is C24H34FN3O3. The normalized spacial score (nSPS) is 32.0. The predicted octanol–water partition coefficient (Wildman–Crippen LogP) is 4.03. The molecule has 31 heavy (non-hydrogen) atoms. The number of nitrogens with one attached hydrogen (secondary N) is 1. The second kappa shape index (κ2) is 8.77. The third-order valence-electron chi connectivity index (χ3n) is 7.00. The summed E-state index contributed by atoms with van der Waals surface area (Å²) >= 11 is 0. The zero-order valence-corrected chi connectivity index (χ0v) is 18.8. The highest BCUT2D eigenvalue weighted by Crippen LogP contribution is 2.41. The number of imide groups is 1. The maximum Gasteiger partial charge on any atom is 0.325 e. The average Bonchev–Trinajstić information content (AvgIpc) is 2.93. The molecule has 2 saturated heterocycles. The third-order valence-corrected chi connectivity index (χ3v) is 7.00. The van der Waals surface area contributed by atoms with Gasteiger partial charge in [-0.15, -0.1) is 0 Å². The minimum Gasteiger partial charge on any atom is -0.491 e. The van der Waals surface area contributed by atoms with Gasteiger partial charge in [0.1, 0.15) is 17.5 Å². The number of amides is 3. The Labute approximate surface area is 184 Å². The summed E-state index contributed by atoms with van der Waals surface area (Å²) in [7, 11) is 0. The first-order valence-corrected chi connectivity index (χ1v) is 11.6. The van der Waals surface area contributed by atoms with E-state index in [2.05, 4.69) is 29.3 Å². The Bertz CT molecular complexity index is 832. The molecule has 0 radical (unpaired) electrons. The van der Waals surface area contributed by atoms with E-state index in [4.69, 9.17) is 4.74 Å².